The Morgan fingerprint density at radius 2 is 2.17 bits per heavy atom. The Labute approximate surface area is 73.9 Å². The van der Waals surface area contributed by atoms with E-state index in [2.05, 4.69) is 25.6 Å². The fourth-order valence-electron chi connectivity index (χ4n) is 1.31. The summed E-state index contributed by atoms with van der Waals surface area (Å²) in [7, 11) is 0. The quantitative estimate of drug-likeness (QED) is 0.677. The maximum absolute atomic E-state index is 5.85. The molecule has 0 heterocycles. The van der Waals surface area contributed by atoms with E-state index in [0.717, 1.165) is 6.42 Å². The fraction of sp³-hybridized carbons (Fsp3) is 0.273. The molecule has 0 aliphatic rings. The molecule has 1 aromatic rings. The summed E-state index contributed by atoms with van der Waals surface area (Å²) in [5.41, 5.74) is 8.35. The first kappa shape index (κ1) is 9.01. The molecule has 0 unspecified atom stereocenters. The molecular weight excluding hydrogens is 146 g/mol. The van der Waals surface area contributed by atoms with Gasteiger partial charge in [0, 0.05) is 6.04 Å². The van der Waals surface area contributed by atoms with Crippen molar-refractivity contribution in [2.45, 2.75) is 19.4 Å². The molecule has 0 aromatic heterocycles. The zero-order valence-electron chi connectivity index (χ0n) is 7.46. The van der Waals surface area contributed by atoms with Gasteiger partial charge in [-0.05, 0) is 17.5 Å². The van der Waals surface area contributed by atoms with Crippen molar-refractivity contribution in [2.24, 2.45) is 5.73 Å². The van der Waals surface area contributed by atoms with Crippen LogP contribution in [0.2, 0.25) is 0 Å². The number of aryl methyl sites for hydroxylation is 1. The van der Waals surface area contributed by atoms with Crippen molar-refractivity contribution in [1.82, 2.24) is 0 Å². The minimum atomic E-state index is -0.0267. The first-order chi connectivity index (χ1) is 5.79. The average Bonchev–Trinajstić information content (AvgIpc) is 2.16. The molecule has 1 nitrogen and oxygen atoms in total. The lowest BCUT2D eigenvalue weighted by Gasteiger charge is -2.10. The molecule has 1 heteroatoms. The van der Waals surface area contributed by atoms with Gasteiger partial charge in [0.25, 0.3) is 0 Å². The third-order valence-electron chi connectivity index (χ3n) is 2.05. The summed E-state index contributed by atoms with van der Waals surface area (Å²) in [6, 6.07) is 8.20. The van der Waals surface area contributed by atoms with E-state index in [1.807, 2.05) is 12.1 Å². The van der Waals surface area contributed by atoms with E-state index in [0.29, 0.717) is 0 Å². The van der Waals surface area contributed by atoms with E-state index in [-0.39, 0.29) is 6.04 Å². The average molecular weight is 161 g/mol. The van der Waals surface area contributed by atoms with Crippen molar-refractivity contribution >= 4 is 0 Å². The minimum Gasteiger partial charge on any atom is -0.321 e. The molecule has 0 saturated heterocycles. The standard InChI is InChI=1S/C11H15N/c1-3-9-7-5-6-8-10(9)11(12)4-2/h4-8,11H,2-3,12H2,1H3/t11-/m0/s1. The summed E-state index contributed by atoms with van der Waals surface area (Å²) in [5.74, 6) is 0. The maximum Gasteiger partial charge on any atom is 0.0481 e. The van der Waals surface area contributed by atoms with Gasteiger partial charge in [-0.15, -0.1) is 6.58 Å². The molecule has 0 amide bonds. The van der Waals surface area contributed by atoms with Gasteiger partial charge < -0.3 is 5.73 Å². The van der Waals surface area contributed by atoms with Crippen LogP contribution >= 0.6 is 0 Å². The molecule has 0 spiro atoms. The SMILES string of the molecule is C=C[C@H](N)c1ccccc1CC. The van der Waals surface area contributed by atoms with Gasteiger partial charge in [0.1, 0.15) is 0 Å². The van der Waals surface area contributed by atoms with Gasteiger partial charge in [0.05, 0.1) is 0 Å². The van der Waals surface area contributed by atoms with Crippen molar-refractivity contribution < 1.29 is 0 Å². The van der Waals surface area contributed by atoms with Crippen LogP contribution in [0.15, 0.2) is 36.9 Å². The molecule has 2 N–H and O–H groups in total. The Morgan fingerprint density at radius 3 is 2.75 bits per heavy atom. The Bertz CT molecular complexity index is 265. The Kier molecular flexibility index (Phi) is 3.06. The molecule has 1 atom stereocenters. The van der Waals surface area contributed by atoms with Gasteiger partial charge in [-0.3, -0.25) is 0 Å². The molecule has 12 heavy (non-hydrogen) atoms. The first-order valence-electron chi connectivity index (χ1n) is 4.25. The summed E-state index contributed by atoms with van der Waals surface area (Å²) < 4.78 is 0. The van der Waals surface area contributed by atoms with Crippen molar-refractivity contribution in [3.05, 3.63) is 48.0 Å². The number of hydrogen-bond donors (Lipinski definition) is 1. The van der Waals surface area contributed by atoms with Crippen LogP contribution in [-0.2, 0) is 6.42 Å². The molecule has 0 fully saturated rings. The van der Waals surface area contributed by atoms with Gasteiger partial charge in [0.15, 0.2) is 0 Å². The smallest absolute Gasteiger partial charge is 0.0481 e. The van der Waals surface area contributed by atoms with Crippen LogP contribution in [0, 0.1) is 0 Å². The van der Waals surface area contributed by atoms with E-state index in [1.165, 1.54) is 11.1 Å². The fourth-order valence-corrected chi connectivity index (χ4v) is 1.31. The monoisotopic (exact) mass is 161 g/mol. The van der Waals surface area contributed by atoms with E-state index in [9.17, 15) is 0 Å². The van der Waals surface area contributed by atoms with Crippen LogP contribution < -0.4 is 5.73 Å². The molecule has 0 radical (unpaired) electrons. The van der Waals surface area contributed by atoms with Crippen molar-refractivity contribution in [2.75, 3.05) is 0 Å². The number of hydrogen-bond acceptors (Lipinski definition) is 1. The Morgan fingerprint density at radius 1 is 1.50 bits per heavy atom. The maximum atomic E-state index is 5.85. The van der Waals surface area contributed by atoms with E-state index >= 15 is 0 Å². The third kappa shape index (κ3) is 1.74. The lowest BCUT2D eigenvalue weighted by molar-refractivity contribution is 0.886. The molecule has 0 saturated carbocycles. The molecule has 64 valence electrons. The minimum absolute atomic E-state index is 0.0267. The highest BCUT2D eigenvalue weighted by molar-refractivity contribution is 5.31. The second-order valence-electron chi connectivity index (χ2n) is 2.81. The predicted molar refractivity (Wildman–Crippen MR) is 52.9 cm³/mol. The highest BCUT2D eigenvalue weighted by atomic mass is 14.6. The van der Waals surface area contributed by atoms with Gasteiger partial charge >= 0.3 is 0 Å². The lowest BCUT2D eigenvalue weighted by atomic mass is 9.99. The van der Waals surface area contributed by atoms with Gasteiger partial charge in [-0.25, -0.2) is 0 Å². The summed E-state index contributed by atoms with van der Waals surface area (Å²) in [6.07, 6.45) is 2.80. The zero-order chi connectivity index (χ0) is 8.97. The highest BCUT2D eigenvalue weighted by Crippen LogP contribution is 2.16. The van der Waals surface area contributed by atoms with Crippen molar-refractivity contribution in [3.8, 4) is 0 Å². The summed E-state index contributed by atoms with van der Waals surface area (Å²) >= 11 is 0. The van der Waals surface area contributed by atoms with Crippen LogP contribution in [0.1, 0.15) is 24.1 Å². The lowest BCUT2D eigenvalue weighted by Crippen LogP contribution is -2.08. The van der Waals surface area contributed by atoms with Gasteiger partial charge in [0.2, 0.25) is 0 Å². The second kappa shape index (κ2) is 4.07. The largest absolute Gasteiger partial charge is 0.321 e. The molecule has 0 bridgehead atoms. The first-order valence-corrected chi connectivity index (χ1v) is 4.25. The zero-order valence-corrected chi connectivity index (χ0v) is 7.46. The van der Waals surface area contributed by atoms with Crippen LogP contribution in [0.5, 0.6) is 0 Å². The topological polar surface area (TPSA) is 26.0 Å². The second-order valence-corrected chi connectivity index (χ2v) is 2.81. The molecule has 0 aliphatic heterocycles. The van der Waals surface area contributed by atoms with E-state index < -0.39 is 0 Å². The number of nitrogens with two attached hydrogens (primary N) is 1. The Balaban J connectivity index is 3.04. The summed E-state index contributed by atoms with van der Waals surface area (Å²) in [4.78, 5) is 0. The molecule has 0 aliphatic carbocycles. The van der Waals surface area contributed by atoms with Gasteiger partial charge in [-0.1, -0.05) is 37.3 Å². The normalized spacial score (nSPS) is 12.5. The summed E-state index contributed by atoms with van der Waals surface area (Å²) in [6.45, 7) is 5.82. The van der Waals surface area contributed by atoms with Gasteiger partial charge in [-0.2, -0.15) is 0 Å². The summed E-state index contributed by atoms with van der Waals surface area (Å²) in [5, 5.41) is 0. The number of rotatable bonds is 3. The number of benzene rings is 1. The highest BCUT2D eigenvalue weighted by Gasteiger charge is 2.04. The van der Waals surface area contributed by atoms with Crippen LogP contribution in [-0.4, -0.2) is 0 Å². The predicted octanol–water partition coefficient (Wildman–Crippen LogP) is 2.43. The van der Waals surface area contributed by atoms with Crippen molar-refractivity contribution in [3.63, 3.8) is 0 Å². The molecule has 1 rings (SSSR count). The third-order valence-corrected chi connectivity index (χ3v) is 2.05. The molecular formula is C11H15N. The van der Waals surface area contributed by atoms with E-state index in [4.69, 9.17) is 5.73 Å². The van der Waals surface area contributed by atoms with E-state index in [1.54, 1.807) is 6.08 Å². The van der Waals surface area contributed by atoms with Crippen LogP contribution in [0.25, 0.3) is 0 Å². The van der Waals surface area contributed by atoms with Crippen LogP contribution in [0.3, 0.4) is 0 Å². The molecule has 1 aromatic carbocycles. The Hall–Kier alpha value is -1.08. The van der Waals surface area contributed by atoms with Crippen LogP contribution in [0.4, 0.5) is 0 Å². The van der Waals surface area contributed by atoms with Crippen molar-refractivity contribution in [1.29, 1.82) is 0 Å².